The molecule has 3 rings (SSSR count). The van der Waals surface area contributed by atoms with Crippen molar-refractivity contribution < 1.29 is 9.53 Å². The first-order valence-corrected chi connectivity index (χ1v) is 6.51. The van der Waals surface area contributed by atoms with Crippen LogP contribution < -0.4 is 4.90 Å². The van der Waals surface area contributed by atoms with Crippen LogP contribution in [-0.4, -0.2) is 31.2 Å². The average molecular weight is 256 g/mol. The number of hydrogen-bond donors (Lipinski definition) is 0. The zero-order valence-electron chi connectivity index (χ0n) is 10.9. The summed E-state index contributed by atoms with van der Waals surface area (Å²) in [6.45, 7) is 2.14. The van der Waals surface area contributed by atoms with Crippen LogP contribution in [0.25, 0.3) is 10.9 Å². The fraction of sp³-hybridized carbons (Fsp3) is 0.333. The lowest BCUT2D eigenvalue weighted by Gasteiger charge is -2.19. The molecule has 0 unspecified atom stereocenters. The van der Waals surface area contributed by atoms with Crippen LogP contribution in [0, 0.1) is 0 Å². The second-order valence-electron chi connectivity index (χ2n) is 4.75. The highest BCUT2D eigenvalue weighted by Crippen LogP contribution is 2.29. The molecule has 0 atom stereocenters. The van der Waals surface area contributed by atoms with E-state index in [-0.39, 0.29) is 5.97 Å². The van der Waals surface area contributed by atoms with Crippen molar-refractivity contribution in [3.63, 3.8) is 0 Å². The fourth-order valence-electron chi connectivity index (χ4n) is 2.61. The molecular formula is C15H16N2O2. The van der Waals surface area contributed by atoms with Gasteiger partial charge in [0.05, 0.1) is 18.2 Å². The molecule has 1 aromatic heterocycles. The number of fused-ring (bicyclic) bond motifs is 1. The Morgan fingerprint density at radius 3 is 2.79 bits per heavy atom. The van der Waals surface area contributed by atoms with Gasteiger partial charge < -0.3 is 9.64 Å². The number of carbonyl (C=O) groups is 1. The minimum absolute atomic E-state index is 0.307. The smallest absolute Gasteiger partial charge is 0.337 e. The molecule has 2 heterocycles. The molecule has 4 nitrogen and oxygen atoms in total. The zero-order valence-corrected chi connectivity index (χ0v) is 10.9. The van der Waals surface area contributed by atoms with Gasteiger partial charge in [0.1, 0.15) is 0 Å². The lowest BCUT2D eigenvalue weighted by molar-refractivity contribution is 0.0601. The van der Waals surface area contributed by atoms with E-state index in [0.29, 0.717) is 5.56 Å². The summed E-state index contributed by atoms with van der Waals surface area (Å²) in [6, 6.07) is 7.53. The quantitative estimate of drug-likeness (QED) is 0.775. The van der Waals surface area contributed by atoms with E-state index in [4.69, 9.17) is 4.74 Å². The topological polar surface area (TPSA) is 42.4 Å². The minimum Gasteiger partial charge on any atom is -0.465 e. The van der Waals surface area contributed by atoms with Crippen molar-refractivity contribution in [3.05, 3.63) is 36.0 Å². The number of esters is 1. The summed E-state index contributed by atoms with van der Waals surface area (Å²) < 4.78 is 4.78. The maximum Gasteiger partial charge on any atom is 0.337 e. The maximum absolute atomic E-state index is 11.6. The number of methoxy groups -OCH3 is 1. The number of aromatic nitrogens is 1. The standard InChI is InChI=1S/C15H16N2O2/c1-19-15(18)11-4-5-13-12(10-11)14(6-7-16-13)17-8-2-3-9-17/h4-7,10H,2-3,8-9H2,1H3. The first-order valence-electron chi connectivity index (χ1n) is 6.51. The van der Waals surface area contributed by atoms with Gasteiger partial charge in [-0.2, -0.15) is 0 Å². The van der Waals surface area contributed by atoms with Crippen LogP contribution in [0.2, 0.25) is 0 Å². The van der Waals surface area contributed by atoms with E-state index < -0.39 is 0 Å². The Hall–Kier alpha value is -2.10. The van der Waals surface area contributed by atoms with Crippen molar-refractivity contribution in [2.45, 2.75) is 12.8 Å². The van der Waals surface area contributed by atoms with E-state index in [2.05, 4.69) is 9.88 Å². The highest BCUT2D eigenvalue weighted by atomic mass is 16.5. The Kier molecular flexibility index (Phi) is 3.07. The van der Waals surface area contributed by atoms with E-state index in [9.17, 15) is 4.79 Å². The van der Waals surface area contributed by atoms with Gasteiger partial charge in [0.2, 0.25) is 0 Å². The molecule has 1 aliphatic heterocycles. The minimum atomic E-state index is -0.307. The van der Waals surface area contributed by atoms with Gasteiger partial charge in [-0.3, -0.25) is 4.98 Å². The summed E-state index contributed by atoms with van der Waals surface area (Å²) in [6.07, 6.45) is 4.27. The largest absolute Gasteiger partial charge is 0.465 e. The Morgan fingerprint density at radius 2 is 2.05 bits per heavy atom. The first-order chi connectivity index (χ1) is 9.29. The monoisotopic (exact) mass is 256 g/mol. The van der Waals surface area contributed by atoms with Crippen molar-refractivity contribution >= 4 is 22.6 Å². The molecule has 1 saturated heterocycles. The summed E-state index contributed by atoms with van der Waals surface area (Å²) in [5.41, 5.74) is 2.65. The van der Waals surface area contributed by atoms with Gasteiger partial charge >= 0.3 is 5.97 Å². The molecule has 0 amide bonds. The fourth-order valence-corrected chi connectivity index (χ4v) is 2.61. The summed E-state index contributed by atoms with van der Waals surface area (Å²) in [5.74, 6) is -0.307. The van der Waals surface area contributed by atoms with Gasteiger partial charge in [-0.25, -0.2) is 4.79 Å². The number of ether oxygens (including phenoxy) is 1. The van der Waals surface area contributed by atoms with E-state index in [1.807, 2.05) is 24.4 Å². The van der Waals surface area contributed by atoms with E-state index in [1.54, 1.807) is 6.07 Å². The van der Waals surface area contributed by atoms with Crippen LogP contribution >= 0.6 is 0 Å². The predicted octanol–water partition coefficient (Wildman–Crippen LogP) is 2.62. The molecule has 1 aliphatic rings. The molecule has 0 saturated carbocycles. The zero-order chi connectivity index (χ0) is 13.2. The maximum atomic E-state index is 11.6. The number of nitrogens with zero attached hydrogens (tertiary/aromatic N) is 2. The van der Waals surface area contributed by atoms with Crippen molar-refractivity contribution in [2.75, 3.05) is 25.1 Å². The molecule has 98 valence electrons. The molecule has 4 heteroatoms. The van der Waals surface area contributed by atoms with Gasteiger partial charge in [0.25, 0.3) is 0 Å². The van der Waals surface area contributed by atoms with Crippen LogP contribution in [0.3, 0.4) is 0 Å². The summed E-state index contributed by atoms with van der Waals surface area (Å²) >= 11 is 0. The highest BCUT2D eigenvalue weighted by Gasteiger charge is 2.16. The van der Waals surface area contributed by atoms with Gasteiger partial charge in [0, 0.05) is 30.4 Å². The molecule has 0 N–H and O–H groups in total. The molecule has 1 aromatic carbocycles. The second kappa shape index (κ2) is 4.88. The molecule has 19 heavy (non-hydrogen) atoms. The average Bonchev–Trinajstić information content (AvgIpc) is 2.99. The number of anilines is 1. The van der Waals surface area contributed by atoms with Crippen LogP contribution in [0.5, 0.6) is 0 Å². The third-order valence-corrected chi connectivity index (χ3v) is 3.59. The summed E-state index contributed by atoms with van der Waals surface area (Å²) in [5, 5.41) is 1.02. The third-order valence-electron chi connectivity index (χ3n) is 3.59. The van der Waals surface area contributed by atoms with Crippen molar-refractivity contribution in [1.29, 1.82) is 0 Å². The lowest BCUT2D eigenvalue weighted by atomic mass is 10.1. The molecule has 2 aromatic rings. The molecular weight excluding hydrogens is 240 g/mol. The van der Waals surface area contributed by atoms with Gasteiger partial charge in [-0.05, 0) is 37.1 Å². The Morgan fingerprint density at radius 1 is 1.26 bits per heavy atom. The van der Waals surface area contributed by atoms with Crippen molar-refractivity contribution in [1.82, 2.24) is 4.98 Å². The van der Waals surface area contributed by atoms with E-state index in [0.717, 1.165) is 29.7 Å². The summed E-state index contributed by atoms with van der Waals surface area (Å²) in [7, 11) is 1.40. The Labute approximate surface area is 112 Å². The third kappa shape index (κ3) is 2.14. The molecule has 0 radical (unpaired) electrons. The SMILES string of the molecule is COC(=O)c1ccc2nccc(N3CCCC3)c2c1. The number of hydrogen-bond acceptors (Lipinski definition) is 4. The van der Waals surface area contributed by atoms with Crippen LogP contribution in [-0.2, 0) is 4.74 Å². The van der Waals surface area contributed by atoms with Crippen LogP contribution in [0.15, 0.2) is 30.5 Å². The Balaban J connectivity index is 2.13. The normalized spacial score (nSPS) is 14.9. The molecule has 1 fully saturated rings. The lowest BCUT2D eigenvalue weighted by Crippen LogP contribution is -2.18. The number of benzene rings is 1. The molecule has 0 spiro atoms. The number of rotatable bonds is 2. The van der Waals surface area contributed by atoms with E-state index >= 15 is 0 Å². The van der Waals surface area contributed by atoms with E-state index in [1.165, 1.54) is 20.0 Å². The summed E-state index contributed by atoms with van der Waals surface area (Å²) in [4.78, 5) is 18.3. The first kappa shape index (κ1) is 12.0. The highest BCUT2D eigenvalue weighted by molar-refractivity contribution is 5.99. The molecule has 0 aliphatic carbocycles. The van der Waals surface area contributed by atoms with Crippen molar-refractivity contribution in [3.8, 4) is 0 Å². The van der Waals surface area contributed by atoms with Gasteiger partial charge in [-0.15, -0.1) is 0 Å². The number of carbonyl (C=O) groups excluding carboxylic acids is 1. The van der Waals surface area contributed by atoms with Crippen LogP contribution in [0.1, 0.15) is 23.2 Å². The van der Waals surface area contributed by atoms with Gasteiger partial charge in [-0.1, -0.05) is 0 Å². The Bertz CT molecular complexity index is 619. The van der Waals surface area contributed by atoms with Crippen molar-refractivity contribution in [2.24, 2.45) is 0 Å². The van der Waals surface area contributed by atoms with Gasteiger partial charge in [0.15, 0.2) is 0 Å². The van der Waals surface area contributed by atoms with Crippen LogP contribution in [0.4, 0.5) is 5.69 Å². The number of pyridine rings is 1. The second-order valence-corrected chi connectivity index (χ2v) is 4.75. The molecule has 0 bridgehead atoms. The predicted molar refractivity (Wildman–Crippen MR) is 74.5 cm³/mol.